The van der Waals surface area contributed by atoms with Gasteiger partial charge in [-0.2, -0.15) is 0 Å². The molecule has 0 spiro atoms. The van der Waals surface area contributed by atoms with Crippen LogP contribution in [0.4, 0.5) is 4.39 Å². The molecule has 4 atom stereocenters. The van der Waals surface area contributed by atoms with Crippen LogP contribution in [0.3, 0.4) is 0 Å². The van der Waals surface area contributed by atoms with E-state index in [1.807, 2.05) is 23.6 Å². The summed E-state index contributed by atoms with van der Waals surface area (Å²) in [5.41, 5.74) is 1.49. The number of fused-ring (bicyclic) bond motifs is 3. The summed E-state index contributed by atoms with van der Waals surface area (Å²) in [7, 11) is 0. The van der Waals surface area contributed by atoms with Crippen molar-refractivity contribution in [2.24, 2.45) is 11.8 Å². The molecule has 5 rings (SSSR count). The van der Waals surface area contributed by atoms with Crippen LogP contribution in [0.5, 0.6) is 0 Å². The van der Waals surface area contributed by atoms with Crippen molar-refractivity contribution in [3.8, 4) is 0 Å². The van der Waals surface area contributed by atoms with Crippen LogP contribution in [-0.4, -0.2) is 39.5 Å². The first kappa shape index (κ1) is 20.2. The molecule has 1 aliphatic carbocycles. The number of hydrogen-bond donors (Lipinski definition) is 2. The average molecular weight is 441 g/mol. The Labute approximate surface area is 183 Å². The van der Waals surface area contributed by atoms with E-state index in [1.54, 1.807) is 28.5 Å². The number of carbonyl (C=O) groups is 2. The second-order valence-corrected chi connectivity index (χ2v) is 9.73. The first-order chi connectivity index (χ1) is 15.0. The molecule has 31 heavy (non-hydrogen) atoms. The molecule has 2 aromatic heterocycles. The minimum absolute atomic E-state index is 0.0410. The topological polar surface area (TPSA) is 73.4 Å². The van der Waals surface area contributed by atoms with Crippen molar-refractivity contribution < 1.29 is 19.1 Å². The third kappa shape index (κ3) is 3.65. The van der Waals surface area contributed by atoms with E-state index in [-0.39, 0.29) is 42.6 Å². The summed E-state index contributed by atoms with van der Waals surface area (Å²) < 4.78 is 14.7. The van der Waals surface area contributed by atoms with Gasteiger partial charge in [-0.15, -0.1) is 11.3 Å². The van der Waals surface area contributed by atoms with E-state index in [0.29, 0.717) is 10.9 Å². The van der Waals surface area contributed by atoms with E-state index in [9.17, 15) is 19.1 Å². The van der Waals surface area contributed by atoms with Crippen molar-refractivity contribution in [1.82, 2.24) is 9.88 Å². The fourth-order valence-corrected chi connectivity index (χ4v) is 6.38. The van der Waals surface area contributed by atoms with E-state index in [1.165, 1.54) is 6.07 Å². The lowest BCUT2D eigenvalue weighted by Gasteiger charge is -2.46. The number of nitrogens with zero attached hydrogens (tertiary/aromatic N) is 1. The predicted octanol–water partition coefficient (Wildman–Crippen LogP) is 4.99. The van der Waals surface area contributed by atoms with Gasteiger partial charge in [-0.3, -0.25) is 9.59 Å². The average Bonchev–Trinajstić information content (AvgIpc) is 3.43. The molecule has 3 heterocycles. The molecule has 2 aliphatic rings. The van der Waals surface area contributed by atoms with Crippen molar-refractivity contribution in [2.45, 2.75) is 44.1 Å². The number of likely N-dealkylation sites (tertiary alicyclic amines) is 1. The van der Waals surface area contributed by atoms with Crippen LogP contribution in [0.2, 0.25) is 0 Å². The smallest absolute Gasteiger partial charge is 0.308 e. The molecule has 162 valence electrons. The highest BCUT2D eigenvalue weighted by Gasteiger charge is 2.43. The summed E-state index contributed by atoms with van der Waals surface area (Å²) in [6.07, 6.45) is 5.61. The highest BCUT2D eigenvalue weighted by Crippen LogP contribution is 2.41. The number of carboxylic acid groups (broad SMARTS) is 1. The van der Waals surface area contributed by atoms with Gasteiger partial charge in [0.1, 0.15) is 5.82 Å². The lowest BCUT2D eigenvalue weighted by molar-refractivity contribution is -0.152. The summed E-state index contributed by atoms with van der Waals surface area (Å²) in [5, 5.41) is 12.2. The van der Waals surface area contributed by atoms with Gasteiger partial charge in [-0.25, -0.2) is 4.39 Å². The van der Waals surface area contributed by atoms with Crippen molar-refractivity contribution in [3.63, 3.8) is 0 Å². The van der Waals surface area contributed by atoms with Crippen LogP contribution < -0.4 is 0 Å². The highest BCUT2D eigenvalue weighted by molar-refractivity contribution is 7.10. The van der Waals surface area contributed by atoms with E-state index in [2.05, 4.69) is 4.98 Å². The molecule has 3 aromatic rings. The third-order valence-electron chi connectivity index (χ3n) is 7.05. The fraction of sp³-hybridized carbons (Fsp3) is 0.417. The van der Waals surface area contributed by atoms with Crippen molar-refractivity contribution in [1.29, 1.82) is 0 Å². The number of carbonyl (C=O) groups excluding carboxylic acids is 1. The molecule has 7 heteroatoms. The Morgan fingerprint density at radius 3 is 2.90 bits per heavy atom. The molecule has 1 aromatic carbocycles. The molecular formula is C24H25FN2O3S. The molecule has 1 saturated carbocycles. The maximum absolute atomic E-state index is 14.7. The SMILES string of the molecule is O=C(O)C1CN(C(=O)CC(c2cccs2)c2c[nH]c3cccc(F)c23)C2CCCC1C2. The first-order valence-corrected chi connectivity index (χ1v) is 11.7. The Morgan fingerprint density at radius 1 is 1.26 bits per heavy atom. The van der Waals surface area contributed by atoms with E-state index in [0.717, 1.165) is 36.1 Å². The number of amides is 1. The number of halogens is 1. The van der Waals surface area contributed by atoms with E-state index < -0.39 is 11.9 Å². The van der Waals surface area contributed by atoms with Crippen LogP contribution in [0.1, 0.15) is 48.5 Å². The normalized spacial score (nSPS) is 24.3. The van der Waals surface area contributed by atoms with Gasteiger partial charge >= 0.3 is 5.97 Å². The Kier molecular flexibility index (Phi) is 5.30. The van der Waals surface area contributed by atoms with Crippen LogP contribution in [0, 0.1) is 17.7 Å². The first-order valence-electron chi connectivity index (χ1n) is 10.8. The summed E-state index contributed by atoms with van der Waals surface area (Å²) in [6, 6.07) is 8.98. The van der Waals surface area contributed by atoms with Crippen LogP contribution >= 0.6 is 11.3 Å². The number of rotatable bonds is 5. The second-order valence-electron chi connectivity index (χ2n) is 8.75. The van der Waals surface area contributed by atoms with Gasteiger partial charge in [0.05, 0.1) is 5.92 Å². The van der Waals surface area contributed by atoms with Gasteiger partial charge in [0.2, 0.25) is 5.91 Å². The zero-order valence-electron chi connectivity index (χ0n) is 17.1. The molecule has 0 radical (unpaired) electrons. The Balaban J connectivity index is 1.47. The van der Waals surface area contributed by atoms with Gasteiger partial charge in [0.15, 0.2) is 0 Å². The Bertz CT molecular complexity index is 1110. The number of hydrogen-bond acceptors (Lipinski definition) is 3. The largest absolute Gasteiger partial charge is 0.481 e. The molecule has 2 N–H and O–H groups in total. The van der Waals surface area contributed by atoms with Gasteiger partial charge in [0.25, 0.3) is 0 Å². The van der Waals surface area contributed by atoms with Gasteiger partial charge in [-0.05, 0) is 54.3 Å². The van der Waals surface area contributed by atoms with Gasteiger partial charge in [0, 0.05) is 46.9 Å². The molecule has 2 bridgehead atoms. The van der Waals surface area contributed by atoms with E-state index >= 15 is 0 Å². The number of benzene rings is 1. The van der Waals surface area contributed by atoms with Gasteiger partial charge in [-0.1, -0.05) is 18.6 Å². The Morgan fingerprint density at radius 2 is 2.13 bits per heavy atom. The maximum Gasteiger partial charge on any atom is 0.308 e. The van der Waals surface area contributed by atoms with Crippen LogP contribution in [0.15, 0.2) is 41.9 Å². The van der Waals surface area contributed by atoms with Crippen molar-refractivity contribution >= 4 is 34.1 Å². The number of H-pyrrole nitrogens is 1. The number of aromatic amines is 1. The minimum atomic E-state index is -0.809. The highest BCUT2D eigenvalue weighted by atomic mass is 32.1. The van der Waals surface area contributed by atoms with Crippen LogP contribution in [-0.2, 0) is 9.59 Å². The zero-order chi connectivity index (χ0) is 21.5. The van der Waals surface area contributed by atoms with E-state index in [4.69, 9.17) is 0 Å². The van der Waals surface area contributed by atoms with Crippen molar-refractivity contribution in [2.75, 3.05) is 6.54 Å². The second kappa shape index (κ2) is 8.11. The predicted molar refractivity (Wildman–Crippen MR) is 118 cm³/mol. The lowest BCUT2D eigenvalue weighted by atomic mass is 9.73. The summed E-state index contributed by atoms with van der Waals surface area (Å²) in [6.45, 7) is 0.281. The third-order valence-corrected chi connectivity index (χ3v) is 8.04. The number of piperidine rings is 1. The zero-order valence-corrected chi connectivity index (χ0v) is 17.9. The molecule has 4 unspecified atom stereocenters. The quantitative estimate of drug-likeness (QED) is 0.587. The number of carboxylic acids is 1. The molecule has 1 saturated heterocycles. The fourth-order valence-electron chi connectivity index (χ4n) is 5.53. The molecule has 1 aliphatic heterocycles. The lowest BCUT2D eigenvalue weighted by Crippen LogP contribution is -2.54. The van der Waals surface area contributed by atoms with Crippen molar-refractivity contribution in [3.05, 3.63) is 58.2 Å². The van der Waals surface area contributed by atoms with Gasteiger partial charge < -0.3 is 15.0 Å². The number of nitrogens with one attached hydrogen (secondary N) is 1. The maximum atomic E-state index is 14.7. The molecule has 5 nitrogen and oxygen atoms in total. The molecular weight excluding hydrogens is 415 g/mol. The summed E-state index contributed by atoms with van der Waals surface area (Å²) in [4.78, 5) is 31.3. The number of aromatic nitrogens is 1. The number of aliphatic carboxylic acids is 1. The minimum Gasteiger partial charge on any atom is -0.481 e. The summed E-state index contributed by atoms with van der Waals surface area (Å²) in [5.74, 6) is -1.76. The molecule has 1 amide bonds. The molecule has 2 fully saturated rings. The number of thiophene rings is 1. The standard InChI is InChI=1S/C24H25FN2O3S/c25-19-6-2-7-20-23(19)17(12-26-20)16(21-8-3-9-31-21)11-22(28)27-13-18(24(29)30)14-4-1-5-15(27)10-14/h2-3,6-9,12,14-16,18,26H,1,4-5,10-11,13H2,(H,29,30). The summed E-state index contributed by atoms with van der Waals surface area (Å²) >= 11 is 1.55. The monoisotopic (exact) mass is 440 g/mol. The Hall–Kier alpha value is -2.67. The van der Waals surface area contributed by atoms with Crippen LogP contribution in [0.25, 0.3) is 10.9 Å².